The van der Waals surface area contributed by atoms with Crippen LogP contribution < -0.4 is 5.73 Å². The van der Waals surface area contributed by atoms with E-state index >= 15 is 0 Å². The maximum atomic E-state index is 5.88. The molecule has 0 spiro atoms. The summed E-state index contributed by atoms with van der Waals surface area (Å²) in [4.78, 5) is 4.06. The van der Waals surface area contributed by atoms with Gasteiger partial charge in [-0.25, -0.2) is 0 Å². The van der Waals surface area contributed by atoms with Gasteiger partial charge in [-0.15, -0.1) is 10.2 Å². The first-order valence-corrected chi connectivity index (χ1v) is 4.95. The summed E-state index contributed by atoms with van der Waals surface area (Å²) in [7, 11) is 0. The molecule has 0 radical (unpaired) electrons. The van der Waals surface area contributed by atoms with Gasteiger partial charge in [-0.3, -0.25) is 4.98 Å². The molecule has 0 saturated heterocycles. The van der Waals surface area contributed by atoms with Crippen molar-refractivity contribution in [2.75, 3.05) is 5.73 Å². The molecule has 5 heteroatoms. The number of nitrogen functional groups attached to an aromatic ring is 1. The maximum absolute atomic E-state index is 5.88. The van der Waals surface area contributed by atoms with E-state index in [1.54, 1.807) is 24.8 Å². The fourth-order valence-corrected chi connectivity index (χ4v) is 1.65. The summed E-state index contributed by atoms with van der Waals surface area (Å²) in [6.07, 6.45) is 7.57. The van der Waals surface area contributed by atoms with E-state index in [1.807, 2.05) is 0 Å². The Kier molecular flexibility index (Phi) is 1.71. The van der Waals surface area contributed by atoms with E-state index in [2.05, 4.69) is 19.7 Å². The summed E-state index contributed by atoms with van der Waals surface area (Å²) in [6, 6.07) is 2.33. The van der Waals surface area contributed by atoms with Crippen LogP contribution in [0.3, 0.4) is 0 Å². The maximum Gasteiger partial charge on any atom is 0.167 e. The fourth-order valence-electron chi connectivity index (χ4n) is 1.65. The highest BCUT2D eigenvalue weighted by atomic mass is 15.3. The average molecular weight is 201 g/mol. The molecule has 1 aliphatic rings. The Balaban J connectivity index is 2.12. The first kappa shape index (κ1) is 8.40. The molecule has 1 aliphatic carbocycles. The van der Waals surface area contributed by atoms with Crippen LogP contribution in [0.2, 0.25) is 0 Å². The van der Waals surface area contributed by atoms with Gasteiger partial charge in [-0.1, -0.05) is 0 Å². The van der Waals surface area contributed by atoms with Gasteiger partial charge in [-0.05, 0) is 18.9 Å². The van der Waals surface area contributed by atoms with Gasteiger partial charge < -0.3 is 10.3 Å². The predicted molar refractivity (Wildman–Crippen MR) is 55.9 cm³/mol. The molecule has 2 N–H and O–H groups in total. The topological polar surface area (TPSA) is 69.6 Å². The molecule has 0 atom stereocenters. The minimum absolute atomic E-state index is 0.551. The summed E-state index contributed by atoms with van der Waals surface area (Å²) in [5, 5.41) is 8.03. The lowest BCUT2D eigenvalue weighted by molar-refractivity contribution is 0.746. The van der Waals surface area contributed by atoms with Gasteiger partial charge in [0, 0.05) is 24.1 Å². The number of anilines is 1. The molecule has 76 valence electrons. The third kappa shape index (κ3) is 1.36. The van der Waals surface area contributed by atoms with Crippen LogP contribution in [0.1, 0.15) is 18.9 Å². The number of aromatic nitrogens is 4. The molecule has 2 aromatic rings. The zero-order chi connectivity index (χ0) is 10.3. The lowest BCUT2D eigenvalue weighted by Gasteiger charge is -2.05. The van der Waals surface area contributed by atoms with Crippen molar-refractivity contribution in [2.45, 2.75) is 18.9 Å². The van der Waals surface area contributed by atoms with Gasteiger partial charge in [0.1, 0.15) is 6.33 Å². The standard InChI is InChI=1S/C10H11N5/c11-9-3-4-12-5-8(9)10-14-13-6-15(10)7-1-2-7/h3-7H,1-2H2,(H2,11,12). The van der Waals surface area contributed by atoms with Crippen molar-refractivity contribution < 1.29 is 0 Å². The molecule has 0 amide bonds. The molecule has 5 nitrogen and oxygen atoms in total. The average Bonchev–Trinajstić information content (AvgIpc) is 2.98. The van der Waals surface area contributed by atoms with Crippen molar-refractivity contribution in [3.8, 4) is 11.4 Å². The summed E-state index contributed by atoms with van der Waals surface area (Å²) < 4.78 is 2.08. The lowest BCUT2D eigenvalue weighted by Crippen LogP contribution is -1.99. The molecular weight excluding hydrogens is 190 g/mol. The van der Waals surface area contributed by atoms with Gasteiger partial charge in [0.15, 0.2) is 5.82 Å². The molecule has 0 aliphatic heterocycles. The van der Waals surface area contributed by atoms with E-state index in [0.717, 1.165) is 11.4 Å². The second-order valence-electron chi connectivity index (χ2n) is 3.76. The number of nitrogens with two attached hydrogens (primary N) is 1. The third-order valence-corrected chi connectivity index (χ3v) is 2.61. The Morgan fingerprint density at radius 2 is 2.27 bits per heavy atom. The molecule has 0 bridgehead atoms. The Morgan fingerprint density at radius 1 is 1.40 bits per heavy atom. The molecule has 2 aromatic heterocycles. The third-order valence-electron chi connectivity index (χ3n) is 2.61. The van der Waals surface area contributed by atoms with Crippen molar-refractivity contribution in [2.24, 2.45) is 0 Å². The van der Waals surface area contributed by atoms with Crippen molar-refractivity contribution in [3.05, 3.63) is 24.8 Å². The van der Waals surface area contributed by atoms with Gasteiger partial charge in [0.05, 0.1) is 5.56 Å². The van der Waals surface area contributed by atoms with E-state index in [9.17, 15) is 0 Å². The Labute approximate surface area is 87.0 Å². The molecule has 15 heavy (non-hydrogen) atoms. The van der Waals surface area contributed by atoms with E-state index < -0.39 is 0 Å². The Hall–Kier alpha value is -1.91. The SMILES string of the molecule is Nc1ccncc1-c1nncn1C1CC1. The molecular formula is C10H11N5. The van der Waals surface area contributed by atoms with Crippen LogP contribution in [0.5, 0.6) is 0 Å². The highest BCUT2D eigenvalue weighted by Gasteiger charge is 2.27. The van der Waals surface area contributed by atoms with Crippen LogP contribution in [0.15, 0.2) is 24.8 Å². The fraction of sp³-hybridized carbons (Fsp3) is 0.300. The van der Waals surface area contributed by atoms with Crippen molar-refractivity contribution in [1.29, 1.82) is 0 Å². The van der Waals surface area contributed by atoms with Crippen LogP contribution in [-0.4, -0.2) is 19.7 Å². The van der Waals surface area contributed by atoms with Crippen molar-refractivity contribution in [1.82, 2.24) is 19.7 Å². The van der Waals surface area contributed by atoms with Crippen molar-refractivity contribution in [3.63, 3.8) is 0 Å². The van der Waals surface area contributed by atoms with Crippen LogP contribution in [0.25, 0.3) is 11.4 Å². The molecule has 0 unspecified atom stereocenters. The number of nitrogens with zero attached hydrogens (tertiary/aromatic N) is 4. The quantitative estimate of drug-likeness (QED) is 0.794. The zero-order valence-electron chi connectivity index (χ0n) is 8.17. The molecule has 1 saturated carbocycles. The molecule has 1 fully saturated rings. The number of hydrogen-bond acceptors (Lipinski definition) is 4. The lowest BCUT2D eigenvalue weighted by atomic mass is 10.2. The minimum atomic E-state index is 0.551. The number of rotatable bonds is 2. The highest BCUT2D eigenvalue weighted by molar-refractivity contribution is 5.70. The molecule has 3 rings (SSSR count). The van der Waals surface area contributed by atoms with Crippen LogP contribution in [0.4, 0.5) is 5.69 Å². The van der Waals surface area contributed by atoms with Crippen LogP contribution in [0, 0.1) is 0 Å². The normalized spacial score (nSPS) is 15.5. The highest BCUT2D eigenvalue weighted by Crippen LogP contribution is 2.38. The summed E-state index contributed by atoms with van der Waals surface area (Å²) in [5.41, 5.74) is 7.44. The van der Waals surface area contributed by atoms with Crippen LogP contribution >= 0.6 is 0 Å². The van der Waals surface area contributed by atoms with Gasteiger partial charge in [-0.2, -0.15) is 0 Å². The second-order valence-corrected chi connectivity index (χ2v) is 3.76. The molecule has 0 aromatic carbocycles. The summed E-state index contributed by atoms with van der Waals surface area (Å²) >= 11 is 0. The van der Waals surface area contributed by atoms with E-state index in [4.69, 9.17) is 5.73 Å². The van der Waals surface area contributed by atoms with Crippen molar-refractivity contribution >= 4 is 5.69 Å². The smallest absolute Gasteiger partial charge is 0.167 e. The Morgan fingerprint density at radius 3 is 3.00 bits per heavy atom. The minimum Gasteiger partial charge on any atom is -0.398 e. The van der Waals surface area contributed by atoms with Gasteiger partial charge >= 0.3 is 0 Å². The van der Waals surface area contributed by atoms with E-state index in [-0.39, 0.29) is 0 Å². The number of pyridine rings is 1. The first-order valence-electron chi connectivity index (χ1n) is 4.95. The number of hydrogen-bond donors (Lipinski definition) is 1. The largest absolute Gasteiger partial charge is 0.398 e. The monoisotopic (exact) mass is 201 g/mol. The van der Waals surface area contributed by atoms with E-state index in [1.165, 1.54) is 12.8 Å². The molecule has 2 heterocycles. The summed E-state index contributed by atoms with van der Waals surface area (Å²) in [6.45, 7) is 0. The Bertz CT molecular complexity index is 486. The van der Waals surface area contributed by atoms with Gasteiger partial charge in [0.2, 0.25) is 0 Å². The predicted octanol–water partition coefficient (Wildman–Crippen LogP) is 1.26. The first-order chi connectivity index (χ1) is 7.36. The van der Waals surface area contributed by atoms with E-state index in [0.29, 0.717) is 11.7 Å². The van der Waals surface area contributed by atoms with Gasteiger partial charge in [0.25, 0.3) is 0 Å². The second kappa shape index (κ2) is 3.05. The summed E-state index contributed by atoms with van der Waals surface area (Å²) in [5.74, 6) is 0.822. The van der Waals surface area contributed by atoms with Crippen LogP contribution in [-0.2, 0) is 0 Å². The zero-order valence-corrected chi connectivity index (χ0v) is 8.17.